The van der Waals surface area contributed by atoms with E-state index in [0.29, 0.717) is 6.42 Å². The minimum absolute atomic E-state index is 0.00463. The zero-order valence-electron chi connectivity index (χ0n) is 4.83. The average molecular weight is 244 g/mol. The van der Waals surface area contributed by atoms with Gasteiger partial charge in [0, 0.05) is 10.3 Å². The number of aliphatic hydroxyl groups excluding tert-OH is 2. The van der Waals surface area contributed by atoms with Crippen LogP contribution in [0.2, 0.25) is 0 Å². The molecule has 9 heavy (non-hydrogen) atoms. The van der Waals surface area contributed by atoms with Gasteiger partial charge in [0.05, 0.1) is 12.7 Å². The molecule has 0 aliphatic carbocycles. The molecule has 3 unspecified atom stereocenters. The van der Waals surface area contributed by atoms with Crippen molar-refractivity contribution in [2.45, 2.75) is 22.7 Å². The Labute approximate surface area is 67.2 Å². The van der Waals surface area contributed by atoms with Gasteiger partial charge in [0.25, 0.3) is 0 Å². The quantitative estimate of drug-likeness (QED) is 0.499. The molecule has 1 saturated heterocycles. The van der Waals surface area contributed by atoms with E-state index in [1.165, 1.54) is 0 Å². The third kappa shape index (κ3) is 1.76. The van der Waals surface area contributed by atoms with Crippen molar-refractivity contribution in [2.24, 2.45) is 0 Å². The lowest BCUT2D eigenvalue weighted by atomic mass is 10.2. The smallest absolute Gasteiger partial charge is 0.156 e. The summed E-state index contributed by atoms with van der Waals surface area (Å²) in [5.41, 5.74) is 0. The van der Waals surface area contributed by atoms with Crippen molar-refractivity contribution in [3.8, 4) is 0 Å². The third-order valence-electron chi connectivity index (χ3n) is 1.34. The molecule has 0 aromatic heterocycles. The molecule has 0 aromatic rings. The Morgan fingerprint density at radius 3 is 2.56 bits per heavy atom. The molecule has 1 aliphatic rings. The predicted octanol–water partition coefficient (Wildman–Crippen LogP) is -0.110. The van der Waals surface area contributed by atoms with Crippen LogP contribution in [0.1, 0.15) is 6.42 Å². The highest BCUT2D eigenvalue weighted by Gasteiger charge is 2.31. The highest BCUT2D eigenvalue weighted by molar-refractivity contribution is 14.1. The predicted molar refractivity (Wildman–Crippen MR) is 40.4 cm³/mol. The Morgan fingerprint density at radius 1 is 1.67 bits per heavy atom. The molecule has 2 N–H and O–H groups in total. The van der Waals surface area contributed by atoms with Gasteiger partial charge in [-0.05, 0) is 0 Å². The van der Waals surface area contributed by atoms with E-state index in [0.717, 1.165) is 0 Å². The van der Waals surface area contributed by atoms with Crippen molar-refractivity contribution in [3.05, 3.63) is 0 Å². The minimum Gasteiger partial charge on any atom is -0.394 e. The standard InChI is InChI=1S/C5H9IO3/c6-3-1-5(8)9-4(3)2-7/h3-5,7-8H,1-2H2. The van der Waals surface area contributed by atoms with Crippen LogP contribution in [0.4, 0.5) is 0 Å². The monoisotopic (exact) mass is 244 g/mol. The summed E-state index contributed by atoms with van der Waals surface area (Å²) < 4.78 is 5.17. The van der Waals surface area contributed by atoms with Crippen molar-refractivity contribution < 1.29 is 14.9 Å². The first kappa shape index (κ1) is 7.71. The van der Waals surface area contributed by atoms with E-state index >= 15 is 0 Å². The molecule has 0 bridgehead atoms. The Kier molecular flexibility index (Phi) is 2.69. The number of aliphatic hydroxyl groups is 2. The van der Waals surface area contributed by atoms with E-state index in [2.05, 4.69) is 22.6 Å². The van der Waals surface area contributed by atoms with Crippen LogP contribution in [0.25, 0.3) is 0 Å². The Balaban J connectivity index is 2.38. The summed E-state index contributed by atoms with van der Waals surface area (Å²) in [4.78, 5) is 0. The summed E-state index contributed by atoms with van der Waals surface area (Å²) in [5.74, 6) is 0. The van der Waals surface area contributed by atoms with E-state index < -0.39 is 6.29 Å². The number of hydrogen-bond acceptors (Lipinski definition) is 3. The Hall–Kier alpha value is 0.610. The number of hydrogen-bond donors (Lipinski definition) is 2. The lowest BCUT2D eigenvalue weighted by molar-refractivity contribution is -0.100. The molecular weight excluding hydrogens is 235 g/mol. The van der Waals surface area contributed by atoms with Crippen LogP contribution in [0, 0.1) is 0 Å². The molecule has 3 atom stereocenters. The molecule has 0 aromatic carbocycles. The molecule has 54 valence electrons. The van der Waals surface area contributed by atoms with Gasteiger partial charge in [-0.15, -0.1) is 0 Å². The Morgan fingerprint density at radius 2 is 2.33 bits per heavy atom. The SMILES string of the molecule is OCC1OC(O)CC1I. The lowest BCUT2D eigenvalue weighted by Gasteiger charge is -2.07. The molecule has 4 heteroatoms. The van der Waals surface area contributed by atoms with Gasteiger partial charge in [-0.2, -0.15) is 0 Å². The maximum atomic E-state index is 8.86. The van der Waals surface area contributed by atoms with Crippen LogP contribution in [0.5, 0.6) is 0 Å². The maximum absolute atomic E-state index is 8.86. The van der Waals surface area contributed by atoms with Gasteiger partial charge in [0.15, 0.2) is 6.29 Å². The fraction of sp³-hybridized carbons (Fsp3) is 1.00. The summed E-state index contributed by atoms with van der Waals surface area (Å²) in [5, 5.41) is 17.5. The number of ether oxygens (including phenoxy) is 1. The fourth-order valence-electron chi connectivity index (χ4n) is 0.844. The van der Waals surface area contributed by atoms with E-state index in [1.807, 2.05) is 0 Å². The third-order valence-corrected chi connectivity index (χ3v) is 2.65. The maximum Gasteiger partial charge on any atom is 0.156 e. The molecule has 1 aliphatic heterocycles. The van der Waals surface area contributed by atoms with Crippen LogP contribution in [-0.2, 0) is 4.74 Å². The minimum atomic E-state index is -0.663. The summed E-state index contributed by atoms with van der Waals surface area (Å²) in [6.45, 7) is 0.00463. The second-order valence-corrected chi connectivity index (χ2v) is 3.66. The topological polar surface area (TPSA) is 49.7 Å². The van der Waals surface area contributed by atoms with Crippen molar-refractivity contribution in [1.82, 2.24) is 0 Å². The van der Waals surface area contributed by atoms with E-state index in [-0.39, 0.29) is 16.6 Å². The summed E-state index contributed by atoms with van der Waals surface area (Å²) in [6, 6.07) is 0. The van der Waals surface area contributed by atoms with Crippen LogP contribution < -0.4 is 0 Å². The Bertz CT molecular complexity index is 98.2. The van der Waals surface area contributed by atoms with Crippen LogP contribution >= 0.6 is 22.6 Å². The zero-order valence-corrected chi connectivity index (χ0v) is 6.98. The summed E-state index contributed by atoms with van der Waals surface area (Å²) in [6.07, 6.45) is -0.198. The van der Waals surface area contributed by atoms with Crippen molar-refractivity contribution in [3.63, 3.8) is 0 Å². The molecule has 3 nitrogen and oxygen atoms in total. The molecule has 0 saturated carbocycles. The molecular formula is C5H9IO3. The first-order valence-corrected chi connectivity index (χ1v) is 4.07. The molecule has 1 rings (SSSR count). The fourth-order valence-corrected chi connectivity index (χ4v) is 1.68. The normalized spacial score (nSPS) is 43.7. The molecule has 0 amide bonds. The van der Waals surface area contributed by atoms with Crippen LogP contribution in [-0.4, -0.2) is 33.1 Å². The first-order chi connectivity index (χ1) is 4.24. The van der Waals surface area contributed by atoms with Crippen molar-refractivity contribution in [1.29, 1.82) is 0 Å². The van der Waals surface area contributed by atoms with Crippen molar-refractivity contribution in [2.75, 3.05) is 6.61 Å². The molecule has 1 fully saturated rings. The van der Waals surface area contributed by atoms with E-state index in [9.17, 15) is 0 Å². The highest BCUT2D eigenvalue weighted by atomic mass is 127. The van der Waals surface area contributed by atoms with Crippen LogP contribution in [0.3, 0.4) is 0 Å². The lowest BCUT2D eigenvalue weighted by Crippen LogP contribution is -2.20. The molecule has 0 spiro atoms. The van der Waals surface area contributed by atoms with Gasteiger partial charge >= 0.3 is 0 Å². The van der Waals surface area contributed by atoms with E-state index in [4.69, 9.17) is 14.9 Å². The summed E-state index contributed by atoms with van der Waals surface area (Å²) in [7, 11) is 0. The highest BCUT2D eigenvalue weighted by Crippen LogP contribution is 2.24. The van der Waals surface area contributed by atoms with Gasteiger partial charge in [0.2, 0.25) is 0 Å². The van der Waals surface area contributed by atoms with Gasteiger partial charge in [0.1, 0.15) is 0 Å². The van der Waals surface area contributed by atoms with Gasteiger partial charge < -0.3 is 14.9 Å². The second-order valence-electron chi connectivity index (χ2n) is 2.06. The first-order valence-electron chi connectivity index (χ1n) is 2.82. The largest absolute Gasteiger partial charge is 0.394 e. The number of alkyl halides is 1. The number of rotatable bonds is 1. The summed E-state index contributed by atoms with van der Waals surface area (Å²) >= 11 is 2.16. The molecule has 1 heterocycles. The van der Waals surface area contributed by atoms with Crippen molar-refractivity contribution >= 4 is 22.6 Å². The zero-order chi connectivity index (χ0) is 6.85. The van der Waals surface area contributed by atoms with Gasteiger partial charge in [-0.25, -0.2) is 0 Å². The average Bonchev–Trinajstić information content (AvgIpc) is 2.10. The number of halogens is 1. The second kappa shape index (κ2) is 3.14. The van der Waals surface area contributed by atoms with E-state index in [1.54, 1.807) is 0 Å². The van der Waals surface area contributed by atoms with Gasteiger partial charge in [-0.3, -0.25) is 0 Å². The van der Waals surface area contributed by atoms with Gasteiger partial charge in [-0.1, -0.05) is 22.6 Å². The molecule has 0 radical (unpaired) electrons. The van der Waals surface area contributed by atoms with Crippen LogP contribution in [0.15, 0.2) is 0 Å².